The monoisotopic (exact) mass is 209 g/mol. The summed E-state index contributed by atoms with van der Waals surface area (Å²) in [7, 11) is 3.82. The Bertz CT molecular complexity index is 339. The highest BCUT2D eigenvalue weighted by atomic mass is 15.3. The van der Waals surface area contributed by atoms with Crippen molar-refractivity contribution in [2.75, 3.05) is 7.05 Å². The Hall–Kier alpha value is -1.52. The van der Waals surface area contributed by atoms with Gasteiger partial charge in [-0.05, 0) is 13.8 Å². The molecule has 15 heavy (non-hydrogen) atoms. The Balaban J connectivity index is 2.59. The maximum absolute atomic E-state index is 5.82. The van der Waals surface area contributed by atoms with E-state index in [0.29, 0.717) is 5.96 Å². The van der Waals surface area contributed by atoms with Crippen LogP contribution in [-0.2, 0) is 13.6 Å². The summed E-state index contributed by atoms with van der Waals surface area (Å²) < 4.78 is 1.78. The topological polar surface area (TPSA) is 59.4 Å². The van der Waals surface area contributed by atoms with Crippen molar-refractivity contribution in [3.8, 4) is 0 Å². The van der Waals surface area contributed by atoms with Crippen LogP contribution in [0.1, 0.15) is 19.4 Å². The molecule has 5 heteroatoms. The van der Waals surface area contributed by atoms with Crippen LogP contribution in [0.15, 0.2) is 17.4 Å². The molecule has 0 unspecified atom stereocenters. The van der Waals surface area contributed by atoms with Crippen LogP contribution in [0, 0.1) is 0 Å². The van der Waals surface area contributed by atoms with Gasteiger partial charge in [0.2, 0.25) is 0 Å². The van der Waals surface area contributed by atoms with E-state index in [0.717, 1.165) is 12.1 Å². The third kappa shape index (κ3) is 3.61. The third-order valence-corrected chi connectivity index (χ3v) is 1.96. The molecule has 0 radical (unpaired) electrons. The maximum Gasteiger partial charge on any atom is 0.191 e. The van der Waals surface area contributed by atoms with Gasteiger partial charge in [0.1, 0.15) is 0 Å². The summed E-state index contributed by atoms with van der Waals surface area (Å²) >= 11 is 0. The first kappa shape index (κ1) is 11.6. The number of guanidine groups is 1. The van der Waals surface area contributed by atoms with Crippen molar-refractivity contribution in [3.05, 3.63) is 18.0 Å². The molecule has 1 heterocycles. The summed E-state index contributed by atoms with van der Waals surface area (Å²) in [6.45, 7) is 4.74. The Labute approximate surface area is 90.6 Å². The number of nitrogens with two attached hydrogens (primary N) is 1. The van der Waals surface area contributed by atoms with Gasteiger partial charge >= 0.3 is 0 Å². The summed E-state index contributed by atoms with van der Waals surface area (Å²) in [6, 6.07) is 0.223. The largest absolute Gasteiger partial charge is 0.370 e. The zero-order valence-electron chi connectivity index (χ0n) is 9.81. The molecule has 0 aliphatic rings. The summed E-state index contributed by atoms with van der Waals surface area (Å²) in [5.74, 6) is 0.564. The van der Waals surface area contributed by atoms with Crippen LogP contribution in [0.5, 0.6) is 0 Å². The van der Waals surface area contributed by atoms with E-state index in [1.54, 1.807) is 4.68 Å². The molecule has 0 saturated carbocycles. The van der Waals surface area contributed by atoms with Crippen LogP contribution in [0.25, 0.3) is 0 Å². The smallest absolute Gasteiger partial charge is 0.191 e. The fourth-order valence-electron chi connectivity index (χ4n) is 1.27. The molecule has 1 aromatic rings. The summed E-state index contributed by atoms with van der Waals surface area (Å²) in [6.07, 6.45) is 3.80. The average Bonchev–Trinajstić information content (AvgIpc) is 2.50. The molecule has 84 valence electrons. The van der Waals surface area contributed by atoms with E-state index >= 15 is 0 Å². The molecule has 0 aromatic carbocycles. The SMILES string of the molecule is CC(C)N=C(N)N(C)Cc1cnn(C)c1. The maximum atomic E-state index is 5.82. The van der Waals surface area contributed by atoms with Crippen molar-refractivity contribution >= 4 is 5.96 Å². The van der Waals surface area contributed by atoms with E-state index in [-0.39, 0.29) is 6.04 Å². The van der Waals surface area contributed by atoms with Crippen molar-refractivity contribution in [2.24, 2.45) is 17.8 Å². The lowest BCUT2D eigenvalue weighted by molar-refractivity contribution is 0.489. The van der Waals surface area contributed by atoms with Gasteiger partial charge in [-0.25, -0.2) is 0 Å². The minimum Gasteiger partial charge on any atom is -0.370 e. The first-order valence-corrected chi connectivity index (χ1v) is 5.01. The molecule has 0 bridgehead atoms. The molecule has 0 aliphatic carbocycles. The van der Waals surface area contributed by atoms with Gasteiger partial charge in [-0.2, -0.15) is 5.10 Å². The second-order valence-electron chi connectivity index (χ2n) is 3.96. The van der Waals surface area contributed by atoms with Crippen LogP contribution >= 0.6 is 0 Å². The van der Waals surface area contributed by atoms with E-state index in [1.165, 1.54) is 0 Å². The molecule has 1 aromatic heterocycles. The summed E-state index contributed by atoms with van der Waals surface area (Å²) in [4.78, 5) is 6.19. The Morgan fingerprint density at radius 3 is 2.80 bits per heavy atom. The number of hydrogen-bond donors (Lipinski definition) is 1. The van der Waals surface area contributed by atoms with Crippen LogP contribution in [0.3, 0.4) is 0 Å². The molecule has 1 rings (SSSR count). The zero-order chi connectivity index (χ0) is 11.4. The van der Waals surface area contributed by atoms with Crippen LogP contribution < -0.4 is 5.73 Å². The Morgan fingerprint density at radius 1 is 1.67 bits per heavy atom. The highest BCUT2D eigenvalue weighted by Crippen LogP contribution is 2.01. The molecule has 5 nitrogen and oxygen atoms in total. The summed E-state index contributed by atoms with van der Waals surface area (Å²) in [5.41, 5.74) is 6.95. The number of hydrogen-bond acceptors (Lipinski definition) is 2. The molecule has 0 amide bonds. The van der Waals surface area contributed by atoms with Gasteiger partial charge in [-0.15, -0.1) is 0 Å². The highest BCUT2D eigenvalue weighted by Gasteiger charge is 2.04. The molecular weight excluding hydrogens is 190 g/mol. The second-order valence-corrected chi connectivity index (χ2v) is 3.96. The Kier molecular flexibility index (Phi) is 3.71. The molecule has 2 N–H and O–H groups in total. The molecule has 0 atom stereocenters. The third-order valence-electron chi connectivity index (χ3n) is 1.96. The van der Waals surface area contributed by atoms with E-state index in [2.05, 4.69) is 10.1 Å². The van der Waals surface area contributed by atoms with Crippen LogP contribution in [-0.4, -0.2) is 33.7 Å². The quantitative estimate of drug-likeness (QED) is 0.585. The lowest BCUT2D eigenvalue weighted by Crippen LogP contribution is -2.34. The first-order valence-electron chi connectivity index (χ1n) is 5.01. The predicted molar refractivity (Wildman–Crippen MR) is 61.4 cm³/mol. The predicted octanol–water partition coefficient (Wildman–Crippen LogP) is 0.575. The Morgan fingerprint density at radius 2 is 2.33 bits per heavy atom. The molecule has 0 saturated heterocycles. The molecular formula is C10H19N5. The molecule has 0 spiro atoms. The van der Waals surface area contributed by atoms with Crippen LogP contribution in [0.2, 0.25) is 0 Å². The first-order chi connectivity index (χ1) is 6.99. The van der Waals surface area contributed by atoms with Crippen LogP contribution in [0.4, 0.5) is 0 Å². The van der Waals surface area contributed by atoms with Gasteiger partial charge in [0, 0.05) is 38.4 Å². The van der Waals surface area contributed by atoms with Crippen molar-refractivity contribution in [1.29, 1.82) is 0 Å². The van der Waals surface area contributed by atoms with E-state index in [4.69, 9.17) is 5.73 Å². The van der Waals surface area contributed by atoms with E-state index in [9.17, 15) is 0 Å². The number of aliphatic imine (C=N–C) groups is 1. The van der Waals surface area contributed by atoms with Gasteiger partial charge in [0.15, 0.2) is 5.96 Å². The second kappa shape index (κ2) is 4.82. The zero-order valence-corrected chi connectivity index (χ0v) is 9.81. The lowest BCUT2D eigenvalue weighted by Gasteiger charge is -2.17. The number of aryl methyl sites for hydroxylation is 1. The lowest BCUT2D eigenvalue weighted by atomic mass is 10.3. The average molecular weight is 209 g/mol. The fourth-order valence-corrected chi connectivity index (χ4v) is 1.27. The normalized spacial score (nSPS) is 12.2. The van der Waals surface area contributed by atoms with Crippen molar-refractivity contribution in [3.63, 3.8) is 0 Å². The standard InChI is InChI=1S/C10H19N5/c1-8(2)13-10(11)14(3)6-9-5-12-15(4)7-9/h5,7-8H,6H2,1-4H3,(H2,11,13). The fraction of sp³-hybridized carbons (Fsp3) is 0.600. The van der Waals surface area contributed by atoms with E-state index in [1.807, 2.05) is 45.2 Å². The minimum absolute atomic E-state index is 0.223. The van der Waals surface area contributed by atoms with Gasteiger partial charge < -0.3 is 10.6 Å². The molecule has 0 aliphatic heterocycles. The van der Waals surface area contributed by atoms with Crippen molar-refractivity contribution in [1.82, 2.24) is 14.7 Å². The van der Waals surface area contributed by atoms with Gasteiger partial charge in [0.05, 0.1) is 6.20 Å². The number of rotatable bonds is 3. The van der Waals surface area contributed by atoms with Gasteiger partial charge in [-0.1, -0.05) is 0 Å². The van der Waals surface area contributed by atoms with Crippen molar-refractivity contribution < 1.29 is 0 Å². The highest BCUT2D eigenvalue weighted by molar-refractivity contribution is 5.77. The van der Waals surface area contributed by atoms with Gasteiger partial charge in [0.25, 0.3) is 0 Å². The number of nitrogens with zero attached hydrogens (tertiary/aromatic N) is 4. The minimum atomic E-state index is 0.223. The summed E-state index contributed by atoms with van der Waals surface area (Å²) in [5, 5.41) is 4.10. The van der Waals surface area contributed by atoms with E-state index < -0.39 is 0 Å². The van der Waals surface area contributed by atoms with Crippen molar-refractivity contribution in [2.45, 2.75) is 26.4 Å². The van der Waals surface area contributed by atoms with Gasteiger partial charge in [-0.3, -0.25) is 9.67 Å². The molecule has 0 fully saturated rings. The number of aromatic nitrogens is 2.